The highest BCUT2D eigenvalue weighted by Gasteiger charge is 2.12. The zero-order valence-electron chi connectivity index (χ0n) is 14.0. The van der Waals surface area contributed by atoms with Crippen molar-refractivity contribution in [2.24, 2.45) is 0 Å². The molecule has 0 bridgehead atoms. The van der Waals surface area contributed by atoms with Crippen LogP contribution in [0.1, 0.15) is 24.1 Å². The van der Waals surface area contributed by atoms with E-state index in [1.165, 1.54) is 18.2 Å². The second kappa shape index (κ2) is 7.73. The molecular formula is C18H15FN4O4. The van der Waals surface area contributed by atoms with E-state index in [0.717, 1.165) is 0 Å². The molecule has 0 spiro atoms. The Morgan fingerprint density at radius 3 is 2.81 bits per heavy atom. The van der Waals surface area contributed by atoms with Gasteiger partial charge in [0.25, 0.3) is 5.56 Å². The van der Waals surface area contributed by atoms with Crippen molar-refractivity contribution in [1.82, 2.24) is 15.2 Å². The number of carbonyl (C=O) groups is 2. The molecule has 0 saturated heterocycles. The molecule has 2 aromatic heterocycles. The van der Waals surface area contributed by atoms with E-state index in [4.69, 9.17) is 5.11 Å². The van der Waals surface area contributed by atoms with Gasteiger partial charge in [-0.1, -0.05) is 6.07 Å². The maximum absolute atomic E-state index is 14.0. The van der Waals surface area contributed by atoms with Crippen LogP contribution in [0.3, 0.4) is 0 Å². The molecule has 1 aromatic carbocycles. The first-order valence-electron chi connectivity index (χ1n) is 8.06. The van der Waals surface area contributed by atoms with E-state index in [1.54, 1.807) is 18.3 Å². The number of benzene rings is 1. The summed E-state index contributed by atoms with van der Waals surface area (Å²) in [5, 5.41) is 17.8. The lowest BCUT2D eigenvalue weighted by atomic mass is 10.1. The summed E-state index contributed by atoms with van der Waals surface area (Å²) in [5.74, 6) is -2.34. The number of aromatic nitrogens is 3. The summed E-state index contributed by atoms with van der Waals surface area (Å²) in [6, 6.07) is 7.44. The van der Waals surface area contributed by atoms with Crippen molar-refractivity contribution in [1.29, 1.82) is 0 Å². The summed E-state index contributed by atoms with van der Waals surface area (Å²) in [5.41, 5.74) is 1.17. The number of nitrogens with one attached hydrogen (secondary N) is 2. The van der Waals surface area contributed by atoms with Crippen molar-refractivity contribution < 1.29 is 19.1 Å². The minimum absolute atomic E-state index is 0.0513. The first kappa shape index (κ1) is 18.2. The van der Waals surface area contributed by atoms with Gasteiger partial charge in [0.1, 0.15) is 5.82 Å². The average Bonchev–Trinajstić information content (AvgIpc) is 2.65. The lowest BCUT2D eigenvalue weighted by Crippen LogP contribution is -2.15. The number of halogens is 1. The van der Waals surface area contributed by atoms with Crippen LogP contribution in [-0.2, 0) is 16.0 Å². The van der Waals surface area contributed by atoms with E-state index >= 15 is 0 Å². The zero-order valence-corrected chi connectivity index (χ0v) is 14.0. The largest absolute Gasteiger partial charge is 0.481 e. The van der Waals surface area contributed by atoms with Crippen molar-refractivity contribution in [2.75, 3.05) is 5.32 Å². The Morgan fingerprint density at radius 2 is 2.04 bits per heavy atom. The fourth-order valence-corrected chi connectivity index (χ4v) is 2.58. The number of carbonyl (C=O) groups excluding carboxylic acids is 1. The minimum Gasteiger partial charge on any atom is -0.481 e. The predicted molar refractivity (Wildman–Crippen MR) is 94.9 cm³/mol. The van der Waals surface area contributed by atoms with Gasteiger partial charge < -0.3 is 10.4 Å². The molecule has 0 aliphatic rings. The highest BCUT2D eigenvalue weighted by Crippen LogP contribution is 2.20. The van der Waals surface area contributed by atoms with Crippen LogP contribution in [-0.4, -0.2) is 32.2 Å². The molecule has 138 valence electrons. The molecule has 27 heavy (non-hydrogen) atoms. The fourth-order valence-electron chi connectivity index (χ4n) is 2.58. The molecule has 9 heteroatoms. The number of nitrogens with zero attached hydrogens (tertiary/aromatic N) is 2. The van der Waals surface area contributed by atoms with Gasteiger partial charge in [0, 0.05) is 19.0 Å². The average molecular weight is 370 g/mol. The second-order valence-corrected chi connectivity index (χ2v) is 5.83. The summed E-state index contributed by atoms with van der Waals surface area (Å²) in [6.45, 7) is 0. The highest BCUT2D eigenvalue weighted by molar-refractivity contribution is 5.92. The lowest BCUT2D eigenvalue weighted by molar-refractivity contribution is -0.138. The standard InChI is InChI=1S/C18H15FN4O4/c19-12-4-3-10(8-13(12)21-15(24)5-6-16(25)26)9-14-17-11(2-1-7-20-17)18(27)23-22-14/h1-4,7-8H,5-6,9H2,(H,21,24)(H,23,27)(H,25,26). The van der Waals surface area contributed by atoms with Gasteiger partial charge in [0.15, 0.2) is 0 Å². The number of amides is 1. The summed E-state index contributed by atoms with van der Waals surface area (Å²) in [7, 11) is 0. The van der Waals surface area contributed by atoms with Gasteiger partial charge in [-0.2, -0.15) is 5.10 Å². The van der Waals surface area contributed by atoms with E-state index < -0.39 is 17.7 Å². The number of anilines is 1. The maximum Gasteiger partial charge on any atom is 0.303 e. The molecular weight excluding hydrogens is 355 g/mol. The Balaban J connectivity index is 1.85. The van der Waals surface area contributed by atoms with Crippen LogP contribution in [0.4, 0.5) is 10.1 Å². The summed E-state index contributed by atoms with van der Waals surface area (Å²) in [6.07, 6.45) is 1.20. The number of rotatable bonds is 6. The van der Waals surface area contributed by atoms with Crippen LogP contribution in [0.2, 0.25) is 0 Å². The quantitative estimate of drug-likeness (QED) is 0.608. The van der Waals surface area contributed by atoms with Gasteiger partial charge >= 0.3 is 5.97 Å². The minimum atomic E-state index is -1.11. The van der Waals surface area contributed by atoms with Crippen LogP contribution in [0.5, 0.6) is 0 Å². The van der Waals surface area contributed by atoms with E-state index in [2.05, 4.69) is 20.5 Å². The first-order valence-corrected chi connectivity index (χ1v) is 8.06. The fraction of sp³-hybridized carbons (Fsp3) is 0.167. The van der Waals surface area contributed by atoms with Gasteiger partial charge in [-0.05, 0) is 29.8 Å². The number of carboxylic acids is 1. The van der Waals surface area contributed by atoms with Gasteiger partial charge in [0.2, 0.25) is 5.91 Å². The van der Waals surface area contributed by atoms with Crippen LogP contribution < -0.4 is 10.9 Å². The molecule has 0 atom stereocenters. The van der Waals surface area contributed by atoms with Crippen LogP contribution in [0.15, 0.2) is 41.3 Å². The summed E-state index contributed by atoms with van der Waals surface area (Å²) < 4.78 is 14.0. The number of aromatic amines is 1. The number of carboxylic acid groups (broad SMARTS) is 1. The van der Waals surface area contributed by atoms with Crippen molar-refractivity contribution in [3.63, 3.8) is 0 Å². The Kier molecular flexibility index (Phi) is 5.20. The Hall–Kier alpha value is -3.62. The van der Waals surface area contributed by atoms with Crippen molar-refractivity contribution >= 4 is 28.5 Å². The third kappa shape index (κ3) is 4.32. The number of H-pyrrole nitrogens is 1. The van der Waals surface area contributed by atoms with E-state index in [1.807, 2.05) is 0 Å². The van der Waals surface area contributed by atoms with Crippen molar-refractivity contribution in [3.8, 4) is 0 Å². The number of hydrogen-bond acceptors (Lipinski definition) is 5. The molecule has 3 N–H and O–H groups in total. The maximum atomic E-state index is 14.0. The number of pyridine rings is 1. The Labute approximate surface area is 152 Å². The Bertz CT molecular complexity index is 1080. The van der Waals surface area contributed by atoms with E-state index in [9.17, 15) is 18.8 Å². The van der Waals surface area contributed by atoms with E-state index in [0.29, 0.717) is 22.2 Å². The molecule has 3 rings (SSSR count). The predicted octanol–water partition coefficient (Wildman–Crippen LogP) is 1.85. The molecule has 3 aromatic rings. The first-order chi connectivity index (χ1) is 12.9. The molecule has 8 nitrogen and oxygen atoms in total. The topological polar surface area (TPSA) is 125 Å². The highest BCUT2D eigenvalue weighted by atomic mass is 19.1. The van der Waals surface area contributed by atoms with Crippen LogP contribution >= 0.6 is 0 Å². The van der Waals surface area contributed by atoms with E-state index in [-0.39, 0.29) is 30.5 Å². The second-order valence-electron chi connectivity index (χ2n) is 5.83. The normalized spacial score (nSPS) is 10.7. The Morgan fingerprint density at radius 1 is 1.22 bits per heavy atom. The summed E-state index contributed by atoms with van der Waals surface area (Å²) in [4.78, 5) is 38.3. The van der Waals surface area contributed by atoms with Crippen LogP contribution in [0.25, 0.3) is 10.9 Å². The molecule has 0 saturated carbocycles. The molecule has 0 fully saturated rings. The van der Waals surface area contributed by atoms with Gasteiger partial charge in [0.05, 0.1) is 28.7 Å². The molecule has 1 amide bonds. The monoisotopic (exact) mass is 370 g/mol. The van der Waals surface area contributed by atoms with Crippen molar-refractivity contribution in [3.05, 3.63) is 64.0 Å². The van der Waals surface area contributed by atoms with Crippen LogP contribution in [0, 0.1) is 5.82 Å². The molecule has 0 aliphatic carbocycles. The third-order valence-corrected chi connectivity index (χ3v) is 3.86. The molecule has 0 radical (unpaired) electrons. The number of fused-ring (bicyclic) bond motifs is 1. The van der Waals surface area contributed by atoms with Gasteiger partial charge in [-0.25, -0.2) is 9.49 Å². The lowest BCUT2D eigenvalue weighted by Gasteiger charge is -2.09. The molecule has 2 heterocycles. The number of hydrogen-bond donors (Lipinski definition) is 3. The summed E-state index contributed by atoms with van der Waals surface area (Å²) >= 11 is 0. The SMILES string of the molecule is O=C(O)CCC(=O)Nc1cc(Cc2n[nH]c(=O)c3cccnc23)ccc1F. The smallest absolute Gasteiger partial charge is 0.303 e. The number of aliphatic carboxylic acids is 1. The zero-order chi connectivity index (χ0) is 19.4. The molecule has 0 aliphatic heterocycles. The van der Waals surface area contributed by atoms with Gasteiger partial charge in [-0.3, -0.25) is 19.4 Å². The van der Waals surface area contributed by atoms with Gasteiger partial charge in [-0.15, -0.1) is 0 Å². The third-order valence-electron chi connectivity index (χ3n) is 3.86. The molecule has 0 unspecified atom stereocenters. The van der Waals surface area contributed by atoms with Crippen molar-refractivity contribution in [2.45, 2.75) is 19.3 Å².